The summed E-state index contributed by atoms with van der Waals surface area (Å²) in [5.74, 6) is 0.973. The van der Waals surface area contributed by atoms with Crippen molar-refractivity contribution in [2.75, 3.05) is 6.54 Å². The van der Waals surface area contributed by atoms with E-state index in [0.29, 0.717) is 0 Å². The number of phenols is 2. The van der Waals surface area contributed by atoms with Crippen molar-refractivity contribution in [3.8, 4) is 11.5 Å². The summed E-state index contributed by atoms with van der Waals surface area (Å²) in [6.07, 6.45) is 2.35. The molecule has 1 unspecified atom stereocenters. The number of benzene rings is 1. The van der Waals surface area contributed by atoms with Gasteiger partial charge in [-0.25, -0.2) is 0 Å². The molecule has 0 heterocycles. The second-order valence-corrected chi connectivity index (χ2v) is 4.96. The van der Waals surface area contributed by atoms with Crippen LogP contribution in [0.15, 0.2) is 18.2 Å². The molecule has 0 radical (unpaired) electrons. The molecule has 17 heavy (non-hydrogen) atoms. The highest BCUT2D eigenvalue weighted by Gasteiger charge is 2.09. The zero-order chi connectivity index (χ0) is 12.8. The Morgan fingerprint density at radius 1 is 1.18 bits per heavy atom. The van der Waals surface area contributed by atoms with Crippen molar-refractivity contribution >= 4 is 0 Å². The first-order valence-electron chi connectivity index (χ1n) is 6.26. The van der Waals surface area contributed by atoms with Gasteiger partial charge in [0, 0.05) is 17.7 Å². The van der Waals surface area contributed by atoms with Crippen molar-refractivity contribution < 1.29 is 10.2 Å². The van der Waals surface area contributed by atoms with Gasteiger partial charge in [-0.15, -0.1) is 0 Å². The Bertz CT molecular complexity index is 350. The average Bonchev–Trinajstić information content (AvgIpc) is 2.23. The van der Waals surface area contributed by atoms with E-state index in [0.717, 1.165) is 24.4 Å². The predicted octanol–water partition coefficient (Wildman–Crippen LogP) is 3.18. The quantitative estimate of drug-likeness (QED) is 0.666. The van der Waals surface area contributed by atoms with Crippen LogP contribution in [0.4, 0.5) is 0 Å². The third-order valence-corrected chi connectivity index (χ3v) is 2.89. The van der Waals surface area contributed by atoms with Crippen molar-refractivity contribution in [1.82, 2.24) is 5.32 Å². The molecule has 0 amide bonds. The lowest BCUT2D eigenvalue weighted by atomic mass is 10.1. The van der Waals surface area contributed by atoms with Gasteiger partial charge in [-0.2, -0.15) is 0 Å². The zero-order valence-electron chi connectivity index (χ0n) is 10.9. The molecule has 3 nitrogen and oxygen atoms in total. The van der Waals surface area contributed by atoms with Crippen molar-refractivity contribution in [3.63, 3.8) is 0 Å². The van der Waals surface area contributed by atoms with Gasteiger partial charge in [0.15, 0.2) is 0 Å². The Hall–Kier alpha value is -1.22. The Morgan fingerprint density at radius 2 is 1.88 bits per heavy atom. The maximum Gasteiger partial charge on any atom is 0.124 e. The second-order valence-electron chi connectivity index (χ2n) is 4.96. The molecule has 1 aromatic carbocycles. The SMILES string of the molecule is CC(C)CCCNC(C)c1ccc(O)cc1O. The van der Waals surface area contributed by atoms with E-state index < -0.39 is 0 Å². The minimum atomic E-state index is 0.0956. The molecule has 3 N–H and O–H groups in total. The predicted molar refractivity (Wildman–Crippen MR) is 70.3 cm³/mol. The Balaban J connectivity index is 2.44. The largest absolute Gasteiger partial charge is 0.508 e. The molecule has 0 aliphatic heterocycles. The van der Waals surface area contributed by atoms with Crippen LogP contribution in [-0.2, 0) is 0 Å². The lowest BCUT2D eigenvalue weighted by Gasteiger charge is -2.16. The molecule has 3 heteroatoms. The molecule has 0 saturated heterocycles. The number of hydrogen-bond donors (Lipinski definition) is 3. The van der Waals surface area contributed by atoms with Gasteiger partial charge < -0.3 is 15.5 Å². The molecular formula is C14H23NO2. The van der Waals surface area contributed by atoms with Crippen molar-refractivity contribution in [2.24, 2.45) is 5.92 Å². The fraction of sp³-hybridized carbons (Fsp3) is 0.571. The first-order valence-corrected chi connectivity index (χ1v) is 6.26. The number of hydrogen-bond acceptors (Lipinski definition) is 3. The van der Waals surface area contributed by atoms with Crippen LogP contribution in [-0.4, -0.2) is 16.8 Å². The van der Waals surface area contributed by atoms with Gasteiger partial charge >= 0.3 is 0 Å². The van der Waals surface area contributed by atoms with Gasteiger partial charge in [0.2, 0.25) is 0 Å². The van der Waals surface area contributed by atoms with Crippen LogP contribution in [0.25, 0.3) is 0 Å². The van der Waals surface area contributed by atoms with E-state index in [-0.39, 0.29) is 17.5 Å². The summed E-state index contributed by atoms with van der Waals surface area (Å²) in [4.78, 5) is 0. The van der Waals surface area contributed by atoms with Crippen LogP contribution in [0.2, 0.25) is 0 Å². The van der Waals surface area contributed by atoms with E-state index in [4.69, 9.17) is 0 Å². The fourth-order valence-corrected chi connectivity index (χ4v) is 1.84. The summed E-state index contributed by atoms with van der Waals surface area (Å²) < 4.78 is 0. The van der Waals surface area contributed by atoms with Crippen LogP contribution in [0, 0.1) is 5.92 Å². The molecule has 0 bridgehead atoms. The molecule has 0 aromatic heterocycles. The first kappa shape index (κ1) is 13.8. The highest BCUT2D eigenvalue weighted by molar-refractivity contribution is 5.40. The van der Waals surface area contributed by atoms with Gasteiger partial charge in [0.1, 0.15) is 11.5 Å². The summed E-state index contributed by atoms with van der Waals surface area (Å²) in [6.45, 7) is 7.39. The Morgan fingerprint density at radius 3 is 2.47 bits per heavy atom. The topological polar surface area (TPSA) is 52.5 Å². The monoisotopic (exact) mass is 237 g/mol. The molecule has 1 aromatic rings. The lowest BCUT2D eigenvalue weighted by Crippen LogP contribution is -2.20. The first-order chi connectivity index (χ1) is 8.00. The molecule has 0 saturated carbocycles. The molecule has 0 fully saturated rings. The van der Waals surface area contributed by atoms with E-state index in [1.807, 2.05) is 6.92 Å². The van der Waals surface area contributed by atoms with Crippen LogP contribution in [0.1, 0.15) is 45.2 Å². The normalized spacial score (nSPS) is 12.9. The summed E-state index contributed by atoms with van der Waals surface area (Å²) in [5.41, 5.74) is 0.826. The molecular weight excluding hydrogens is 214 g/mol. The zero-order valence-corrected chi connectivity index (χ0v) is 10.9. The van der Waals surface area contributed by atoms with E-state index in [1.165, 1.54) is 12.5 Å². The van der Waals surface area contributed by atoms with Crippen molar-refractivity contribution in [1.29, 1.82) is 0 Å². The van der Waals surface area contributed by atoms with Crippen molar-refractivity contribution in [2.45, 2.75) is 39.7 Å². The number of nitrogens with one attached hydrogen (secondary N) is 1. The summed E-state index contributed by atoms with van der Waals surface area (Å²) in [6, 6.07) is 4.83. The van der Waals surface area contributed by atoms with Gasteiger partial charge in [-0.1, -0.05) is 19.9 Å². The van der Waals surface area contributed by atoms with E-state index in [2.05, 4.69) is 19.2 Å². The fourth-order valence-electron chi connectivity index (χ4n) is 1.84. The molecule has 1 rings (SSSR count). The number of rotatable bonds is 6. The maximum atomic E-state index is 9.71. The summed E-state index contributed by atoms with van der Waals surface area (Å²) >= 11 is 0. The average molecular weight is 237 g/mol. The van der Waals surface area contributed by atoms with Crippen molar-refractivity contribution in [3.05, 3.63) is 23.8 Å². The Kier molecular flexibility index (Phi) is 5.29. The van der Waals surface area contributed by atoms with Crippen LogP contribution in [0.3, 0.4) is 0 Å². The molecule has 0 spiro atoms. The van der Waals surface area contributed by atoms with Crippen LogP contribution < -0.4 is 5.32 Å². The third-order valence-electron chi connectivity index (χ3n) is 2.89. The Labute approximate surface area is 103 Å². The third kappa shape index (κ3) is 4.65. The minimum Gasteiger partial charge on any atom is -0.508 e. The standard InChI is InChI=1S/C14H23NO2/c1-10(2)5-4-8-15-11(3)13-7-6-12(16)9-14(13)17/h6-7,9-11,15-17H,4-5,8H2,1-3H3. The molecule has 0 aliphatic carbocycles. The second kappa shape index (κ2) is 6.50. The van der Waals surface area contributed by atoms with Gasteiger partial charge in [0.05, 0.1) is 0 Å². The van der Waals surface area contributed by atoms with E-state index in [1.54, 1.807) is 12.1 Å². The number of phenolic OH excluding ortho intramolecular Hbond substituents is 2. The number of aromatic hydroxyl groups is 2. The molecule has 96 valence electrons. The van der Waals surface area contributed by atoms with Gasteiger partial charge in [-0.3, -0.25) is 0 Å². The smallest absolute Gasteiger partial charge is 0.124 e. The minimum absolute atomic E-state index is 0.0956. The van der Waals surface area contributed by atoms with E-state index >= 15 is 0 Å². The van der Waals surface area contributed by atoms with E-state index in [9.17, 15) is 10.2 Å². The molecule has 1 atom stereocenters. The van der Waals surface area contributed by atoms with Gasteiger partial charge in [0.25, 0.3) is 0 Å². The van der Waals surface area contributed by atoms with Gasteiger partial charge in [-0.05, 0) is 38.3 Å². The highest BCUT2D eigenvalue weighted by Crippen LogP contribution is 2.27. The summed E-state index contributed by atoms with van der Waals surface area (Å²) in [5, 5.41) is 22.3. The molecule has 0 aliphatic rings. The maximum absolute atomic E-state index is 9.71. The highest BCUT2D eigenvalue weighted by atomic mass is 16.3. The lowest BCUT2D eigenvalue weighted by molar-refractivity contribution is 0.433. The van der Waals surface area contributed by atoms with Crippen LogP contribution in [0.5, 0.6) is 11.5 Å². The summed E-state index contributed by atoms with van der Waals surface area (Å²) in [7, 11) is 0. The van der Waals surface area contributed by atoms with Crippen LogP contribution >= 0.6 is 0 Å².